The summed E-state index contributed by atoms with van der Waals surface area (Å²) < 4.78 is 11.0. The molecule has 0 fully saturated rings. The van der Waals surface area contributed by atoms with Gasteiger partial charge >= 0.3 is 0 Å². The predicted molar refractivity (Wildman–Crippen MR) is 61.9 cm³/mol. The van der Waals surface area contributed by atoms with Crippen molar-refractivity contribution >= 4 is 24.8 Å². The minimum Gasteiger partial charge on any atom is -0.307 e. The van der Waals surface area contributed by atoms with Crippen LogP contribution in [-0.2, 0) is 11.0 Å². The fourth-order valence-corrected chi connectivity index (χ4v) is 2.08. The molecule has 0 unspecified atom stereocenters. The largest absolute Gasteiger partial charge is 0.307 e. The van der Waals surface area contributed by atoms with Crippen molar-refractivity contribution < 1.29 is 4.57 Å². The van der Waals surface area contributed by atoms with Crippen molar-refractivity contribution in [3.8, 4) is 0 Å². The Balaban J connectivity index is 2.55. The van der Waals surface area contributed by atoms with Crippen molar-refractivity contribution in [2.75, 3.05) is 0 Å². The standard InChI is InChI=1S/C8H12N3OPS/c9-13(10,12)11-8(14)6-7-4-2-1-3-5-7/h1-5H,6H2,(H5,9,10,11,12,14). The molecule has 0 saturated carbocycles. The van der Waals surface area contributed by atoms with Gasteiger partial charge in [-0.1, -0.05) is 42.5 Å². The lowest BCUT2D eigenvalue weighted by Crippen LogP contribution is -2.28. The summed E-state index contributed by atoms with van der Waals surface area (Å²) in [7, 11) is -3.25. The van der Waals surface area contributed by atoms with Crippen LogP contribution < -0.4 is 16.1 Å². The maximum absolute atomic E-state index is 11.0. The van der Waals surface area contributed by atoms with Crippen LogP contribution in [0.15, 0.2) is 30.3 Å². The minimum atomic E-state index is -3.25. The molecule has 0 aromatic heterocycles. The van der Waals surface area contributed by atoms with Crippen molar-refractivity contribution in [1.29, 1.82) is 0 Å². The Morgan fingerprint density at radius 3 is 2.43 bits per heavy atom. The molecular formula is C8H12N3OPS. The molecule has 0 saturated heterocycles. The van der Waals surface area contributed by atoms with E-state index in [9.17, 15) is 4.57 Å². The Bertz CT molecular complexity index is 362. The molecule has 0 amide bonds. The molecule has 0 spiro atoms. The Kier molecular flexibility index (Phi) is 3.77. The summed E-state index contributed by atoms with van der Waals surface area (Å²) in [6.45, 7) is 0. The van der Waals surface area contributed by atoms with Gasteiger partial charge in [0.05, 0.1) is 4.99 Å². The van der Waals surface area contributed by atoms with E-state index >= 15 is 0 Å². The lowest BCUT2D eigenvalue weighted by atomic mass is 10.2. The summed E-state index contributed by atoms with van der Waals surface area (Å²) in [6, 6.07) is 9.57. The van der Waals surface area contributed by atoms with Gasteiger partial charge in [0.2, 0.25) is 0 Å². The maximum Gasteiger partial charge on any atom is 0.298 e. The van der Waals surface area contributed by atoms with Crippen LogP contribution in [0.3, 0.4) is 0 Å². The van der Waals surface area contributed by atoms with E-state index < -0.39 is 7.59 Å². The van der Waals surface area contributed by atoms with E-state index in [0.717, 1.165) is 5.56 Å². The Hall–Kier alpha value is -0.740. The smallest absolute Gasteiger partial charge is 0.298 e. The molecule has 0 aliphatic heterocycles. The van der Waals surface area contributed by atoms with Crippen LogP contribution in [-0.4, -0.2) is 4.99 Å². The van der Waals surface area contributed by atoms with E-state index in [4.69, 9.17) is 23.2 Å². The first-order valence-electron chi connectivity index (χ1n) is 3.99. The highest BCUT2D eigenvalue weighted by Crippen LogP contribution is 2.18. The summed E-state index contributed by atoms with van der Waals surface area (Å²) in [6.07, 6.45) is 0.495. The van der Waals surface area contributed by atoms with Gasteiger partial charge < -0.3 is 5.09 Å². The van der Waals surface area contributed by atoms with Gasteiger partial charge in [0.15, 0.2) is 0 Å². The number of benzene rings is 1. The molecule has 1 rings (SSSR count). The molecular weight excluding hydrogens is 217 g/mol. The van der Waals surface area contributed by atoms with Crippen LogP contribution in [0.25, 0.3) is 0 Å². The van der Waals surface area contributed by atoms with E-state index in [1.165, 1.54) is 0 Å². The van der Waals surface area contributed by atoms with Crippen LogP contribution in [0.5, 0.6) is 0 Å². The number of thiocarbonyl (C=S) groups is 1. The van der Waals surface area contributed by atoms with Crippen molar-refractivity contribution in [3.63, 3.8) is 0 Å². The number of hydrogen-bond acceptors (Lipinski definition) is 2. The maximum atomic E-state index is 11.0. The van der Waals surface area contributed by atoms with Crippen LogP contribution >= 0.6 is 19.8 Å². The summed E-state index contributed by atoms with van der Waals surface area (Å²) in [5.41, 5.74) is 11.3. The van der Waals surface area contributed by atoms with Gasteiger partial charge in [-0.05, 0) is 5.56 Å². The second-order valence-corrected chi connectivity index (χ2v) is 5.04. The molecule has 0 aliphatic carbocycles. The van der Waals surface area contributed by atoms with Crippen molar-refractivity contribution in [1.82, 2.24) is 5.09 Å². The Labute approximate surface area is 88.2 Å². The zero-order valence-electron chi connectivity index (χ0n) is 7.51. The van der Waals surface area contributed by atoms with Crippen molar-refractivity contribution in [2.45, 2.75) is 6.42 Å². The van der Waals surface area contributed by atoms with Gasteiger partial charge in [0.25, 0.3) is 7.59 Å². The first-order valence-corrected chi connectivity index (χ1v) is 6.25. The number of hydrogen-bond donors (Lipinski definition) is 3. The second-order valence-electron chi connectivity index (χ2n) is 2.91. The van der Waals surface area contributed by atoms with E-state index in [1.807, 2.05) is 30.3 Å². The van der Waals surface area contributed by atoms with Gasteiger partial charge in [0, 0.05) is 6.42 Å². The fraction of sp³-hybridized carbons (Fsp3) is 0.125. The van der Waals surface area contributed by atoms with Crippen molar-refractivity contribution in [3.05, 3.63) is 35.9 Å². The van der Waals surface area contributed by atoms with E-state index in [0.29, 0.717) is 11.4 Å². The number of rotatable bonds is 3. The quantitative estimate of drug-likeness (QED) is 0.535. The molecule has 0 heterocycles. The molecule has 0 aliphatic rings. The predicted octanol–water partition coefficient (Wildman–Crippen LogP) is 1.17. The second kappa shape index (κ2) is 4.66. The average Bonchev–Trinajstić information content (AvgIpc) is 2.02. The van der Waals surface area contributed by atoms with E-state index in [2.05, 4.69) is 5.09 Å². The summed E-state index contributed by atoms with van der Waals surface area (Å²) >= 11 is 4.94. The third-order valence-corrected chi connectivity index (χ3v) is 2.52. The van der Waals surface area contributed by atoms with Gasteiger partial charge in [-0.15, -0.1) is 0 Å². The van der Waals surface area contributed by atoms with Crippen molar-refractivity contribution in [2.24, 2.45) is 11.0 Å². The lowest BCUT2D eigenvalue weighted by molar-refractivity contribution is 0.574. The summed E-state index contributed by atoms with van der Waals surface area (Å²) in [5, 5.41) is 2.41. The average molecular weight is 229 g/mol. The summed E-state index contributed by atoms with van der Waals surface area (Å²) in [5.74, 6) is 0. The molecule has 6 heteroatoms. The first kappa shape index (κ1) is 11.3. The van der Waals surface area contributed by atoms with E-state index in [-0.39, 0.29) is 0 Å². The van der Waals surface area contributed by atoms with Gasteiger partial charge in [-0.3, -0.25) is 15.6 Å². The molecule has 5 N–H and O–H groups in total. The topological polar surface area (TPSA) is 81.1 Å². The molecule has 1 aromatic rings. The highest BCUT2D eigenvalue weighted by molar-refractivity contribution is 7.81. The Morgan fingerprint density at radius 1 is 1.36 bits per heavy atom. The minimum absolute atomic E-state index is 0.393. The first-order chi connectivity index (χ1) is 6.47. The highest BCUT2D eigenvalue weighted by atomic mass is 32.1. The lowest BCUT2D eigenvalue weighted by Gasteiger charge is -2.10. The molecule has 4 nitrogen and oxygen atoms in total. The number of nitrogens with one attached hydrogen (secondary N) is 1. The third kappa shape index (κ3) is 4.48. The zero-order valence-corrected chi connectivity index (χ0v) is 9.22. The monoisotopic (exact) mass is 229 g/mol. The third-order valence-electron chi connectivity index (χ3n) is 1.51. The normalized spacial score (nSPS) is 11.0. The van der Waals surface area contributed by atoms with Gasteiger partial charge in [-0.2, -0.15) is 0 Å². The van der Waals surface area contributed by atoms with Gasteiger partial charge in [0.1, 0.15) is 0 Å². The van der Waals surface area contributed by atoms with Gasteiger partial charge in [-0.25, -0.2) is 0 Å². The number of nitrogens with two attached hydrogens (primary N) is 2. The van der Waals surface area contributed by atoms with Crippen LogP contribution in [0.4, 0.5) is 0 Å². The molecule has 76 valence electrons. The van der Waals surface area contributed by atoms with Crippen LogP contribution in [0.1, 0.15) is 5.56 Å². The van der Waals surface area contributed by atoms with Crippen LogP contribution in [0, 0.1) is 0 Å². The molecule has 1 aromatic carbocycles. The summed E-state index contributed by atoms with van der Waals surface area (Å²) in [4.78, 5) is 0.393. The van der Waals surface area contributed by atoms with Crippen LogP contribution in [0.2, 0.25) is 0 Å². The zero-order chi connectivity index (χ0) is 10.6. The molecule has 0 bridgehead atoms. The fourth-order valence-electron chi connectivity index (χ4n) is 1.02. The SMILES string of the molecule is NP(N)(=O)NC(=S)Cc1ccccc1. The van der Waals surface area contributed by atoms with E-state index in [1.54, 1.807) is 0 Å². The molecule has 0 radical (unpaired) electrons. The highest BCUT2D eigenvalue weighted by Gasteiger charge is 2.09. The molecule has 14 heavy (non-hydrogen) atoms. The Morgan fingerprint density at radius 2 is 1.93 bits per heavy atom. The molecule has 0 atom stereocenters.